The molecule has 0 radical (unpaired) electrons. The van der Waals surface area contributed by atoms with Gasteiger partial charge in [-0.05, 0) is 26.8 Å². The summed E-state index contributed by atoms with van der Waals surface area (Å²) in [6.07, 6.45) is 0. The summed E-state index contributed by atoms with van der Waals surface area (Å²) in [6.45, 7) is 5.71. The summed E-state index contributed by atoms with van der Waals surface area (Å²) in [4.78, 5) is 24.9. The first-order chi connectivity index (χ1) is 8.75. The van der Waals surface area contributed by atoms with Gasteiger partial charge in [0.15, 0.2) is 15.6 Å². The van der Waals surface area contributed by atoms with Gasteiger partial charge in [-0.1, -0.05) is 0 Å². The first-order valence-corrected chi connectivity index (χ1v) is 8.46. The molecule has 0 fully saturated rings. The van der Waals surface area contributed by atoms with Crippen molar-refractivity contribution in [2.45, 2.75) is 20.8 Å². The first kappa shape index (κ1) is 15.8. The van der Waals surface area contributed by atoms with E-state index >= 15 is 0 Å². The second-order valence-corrected chi connectivity index (χ2v) is 7.76. The highest BCUT2D eigenvalue weighted by atomic mass is 32.2. The largest absolute Gasteiger partial charge is 0.356 e. The molecule has 0 aliphatic heterocycles. The van der Waals surface area contributed by atoms with Crippen LogP contribution < -0.4 is 5.32 Å². The lowest BCUT2D eigenvalue weighted by Crippen LogP contribution is -2.32. The summed E-state index contributed by atoms with van der Waals surface area (Å²) in [5.41, 5.74) is 0.432. The zero-order valence-electron chi connectivity index (χ0n) is 11.1. The highest BCUT2D eigenvalue weighted by Crippen LogP contribution is 2.21. The molecule has 1 rings (SSSR count). The van der Waals surface area contributed by atoms with E-state index in [-0.39, 0.29) is 0 Å². The second kappa shape index (κ2) is 6.29. The Balaban J connectivity index is 2.76. The Bertz CT molecular complexity index is 587. The van der Waals surface area contributed by atoms with Crippen LogP contribution in [0.5, 0.6) is 0 Å². The van der Waals surface area contributed by atoms with Gasteiger partial charge < -0.3 is 5.32 Å². The maximum Gasteiger partial charge on any atom is 0.235 e. The van der Waals surface area contributed by atoms with E-state index < -0.39 is 33.0 Å². The normalized spacial score (nSPS) is 11.3. The number of carbonyl (C=O) groups excluding carboxylic acids is 2. The van der Waals surface area contributed by atoms with Crippen LogP contribution in [0.2, 0.25) is 0 Å². The Labute approximate surface area is 116 Å². The fourth-order valence-electron chi connectivity index (χ4n) is 1.68. The van der Waals surface area contributed by atoms with Crippen molar-refractivity contribution in [3.63, 3.8) is 0 Å². The number of nitrogens with one attached hydrogen (secondary N) is 1. The van der Waals surface area contributed by atoms with Crippen molar-refractivity contribution in [2.75, 3.05) is 18.1 Å². The van der Waals surface area contributed by atoms with E-state index in [9.17, 15) is 18.0 Å². The molecular formula is C12H17NO4S2. The Kier molecular flexibility index (Phi) is 5.25. The zero-order valence-corrected chi connectivity index (χ0v) is 12.8. The van der Waals surface area contributed by atoms with Gasteiger partial charge >= 0.3 is 0 Å². The molecule has 0 saturated carbocycles. The predicted molar refractivity (Wildman–Crippen MR) is 75.5 cm³/mol. The molecule has 0 aromatic carbocycles. The number of Topliss-reactive ketones (excluding diaryl/α,β-unsaturated/α-hetero) is 1. The molecule has 5 nitrogen and oxygen atoms in total. The molecule has 0 aliphatic carbocycles. The van der Waals surface area contributed by atoms with Crippen LogP contribution in [0.15, 0.2) is 6.07 Å². The van der Waals surface area contributed by atoms with Gasteiger partial charge in [-0.25, -0.2) is 8.42 Å². The van der Waals surface area contributed by atoms with Crippen molar-refractivity contribution in [1.82, 2.24) is 5.32 Å². The molecule has 1 N–H and O–H groups in total. The van der Waals surface area contributed by atoms with E-state index in [2.05, 4.69) is 5.32 Å². The predicted octanol–water partition coefficient (Wildman–Crippen LogP) is 1.10. The third kappa shape index (κ3) is 4.76. The zero-order chi connectivity index (χ0) is 14.6. The molecule has 0 saturated heterocycles. The molecular weight excluding hydrogens is 286 g/mol. The number of thiophene rings is 1. The molecule has 1 aromatic rings. The van der Waals surface area contributed by atoms with Crippen molar-refractivity contribution in [1.29, 1.82) is 0 Å². The molecule has 7 heteroatoms. The Hall–Kier alpha value is -1.21. The third-order valence-electron chi connectivity index (χ3n) is 2.42. The fourth-order valence-corrected chi connectivity index (χ4v) is 3.79. The summed E-state index contributed by atoms with van der Waals surface area (Å²) in [5, 5.41) is 2.40. The molecule has 1 amide bonds. The Morgan fingerprint density at radius 2 is 1.89 bits per heavy atom. The monoisotopic (exact) mass is 303 g/mol. The van der Waals surface area contributed by atoms with E-state index in [1.54, 1.807) is 19.9 Å². The van der Waals surface area contributed by atoms with Crippen molar-refractivity contribution < 1.29 is 18.0 Å². The van der Waals surface area contributed by atoms with Gasteiger partial charge in [-0.2, -0.15) is 0 Å². The van der Waals surface area contributed by atoms with E-state index in [4.69, 9.17) is 0 Å². The number of hydrogen-bond acceptors (Lipinski definition) is 5. The summed E-state index contributed by atoms with van der Waals surface area (Å²) >= 11 is 1.45. The van der Waals surface area contributed by atoms with E-state index in [1.807, 2.05) is 6.92 Å². The van der Waals surface area contributed by atoms with Crippen LogP contribution in [0.3, 0.4) is 0 Å². The van der Waals surface area contributed by atoms with Gasteiger partial charge in [0.2, 0.25) is 5.91 Å². The van der Waals surface area contributed by atoms with Gasteiger partial charge in [0.25, 0.3) is 0 Å². The lowest BCUT2D eigenvalue weighted by Gasteiger charge is -2.04. The van der Waals surface area contributed by atoms with Crippen molar-refractivity contribution in [3.05, 3.63) is 21.4 Å². The molecule has 0 atom stereocenters. The number of aryl methyl sites for hydroxylation is 2. The van der Waals surface area contributed by atoms with Crippen molar-refractivity contribution in [3.8, 4) is 0 Å². The Morgan fingerprint density at radius 3 is 2.37 bits per heavy atom. The van der Waals surface area contributed by atoms with Crippen molar-refractivity contribution >= 4 is 32.9 Å². The van der Waals surface area contributed by atoms with Crippen LogP contribution in [0.25, 0.3) is 0 Å². The van der Waals surface area contributed by atoms with Crippen LogP contribution in [-0.4, -0.2) is 38.2 Å². The molecule has 1 aromatic heterocycles. The topological polar surface area (TPSA) is 80.3 Å². The van der Waals surface area contributed by atoms with Crippen molar-refractivity contribution in [2.24, 2.45) is 0 Å². The standard InChI is InChI=1S/C12H17NO4S2/c1-4-13-12(15)7-19(16,17)6-11(14)10-5-8(2)18-9(10)3/h5H,4,6-7H2,1-3H3,(H,13,15). The highest BCUT2D eigenvalue weighted by Gasteiger charge is 2.23. The minimum atomic E-state index is -3.71. The van der Waals surface area contributed by atoms with E-state index in [1.165, 1.54) is 11.3 Å². The van der Waals surface area contributed by atoms with E-state index in [0.29, 0.717) is 12.1 Å². The van der Waals surface area contributed by atoms with Crippen LogP contribution in [0, 0.1) is 13.8 Å². The maximum atomic E-state index is 11.9. The quantitative estimate of drug-likeness (QED) is 0.798. The molecule has 0 spiro atoms. The third-order valence-corrected chi connectivity index (χ3v) is 4.79. The highest BCUT2D eigenvalue weighted by molar-refractivity contribution is 7.92. The SMILES string of the molecule is CCNC(=O)CS(=O)(=O)CC(=O)c1cc(C)sc1C. The number of rotatable bonds is 6. The second-order valence-electron chi connectivity index (χ2n) is 4.24. The van der Waals surface area contributed by atoms with Crippen LogP contribution in [0.1, 0.15) is 27.0 Å². The van der Waals surface area contributed by atoms with Crippen LogP contribution >= 0.6 is 11.3 Å². The average Bonchev–Trinajstić information content (AvgIpc) is 2.56. The molecule has 0 aliphatic rings. The van der Waals surface area contributed by atoms with Gasteiger partial charge in [-0.3, -0.25) is 9.59 Å². The molecule has 0 unspecified atom stereocenters. The van der Waals surface area contributed by atoms with Crippen LogP contribution in [-0.2, 0) is 14.6 Å². The molecule has 0 bridgehead atoms. The number of ketones is 1. The van der Waals surface area contributed by atoms with Crippen LogP contribution in [0.4, 0.5) is 0 Å². The average molecular weight is 303 g/mol. The van der Waals surface area contributed by atoms with E-state index in [0.717, 1.165) is 9.75 Å². The fraction of sp³-hybridized carbons (Fsp3) is 0.500. The minimum absolute atomic E-state index is 0.366. The lowest BCUT2D eigenvalue weighted by atomic mass is 10.2. The molecule has 1 heterocycles. The van der Waals surface area contributed by atoms with Gasteiger partial charge in [-0.15, -0.1) is 11.3 Å². The van der Waals surface area contributed by atoms with Gasteiger partial charge in [0.1, 0.15) is 11.5 Å². The summed E-state index contributed by atoms with van der Waals surface area (Å²) in [5.74, 6) is -2.30. The molecule has 19 heavy (non-hydrogen) atoms. The van der Waals surface area contributed by atoms with Gasteiger partial charge in [0.05, 0.1) is 0 Å². The summed E-state index contributed by atoms with van der Waals surface area (Å²) in [6, 6.07) is 1.68. The number of amides is 1. The summed E-state index contributed by atoms with van der Waals surface area (Å²) in [7, 11) is -3.71. The molecule has 106 valence electrons. The number of hydrogen-bond donors (Lipinski definition) is 1. The minimum Gasteiger partial charge on any atom is -0.356 e. The Morgan fingerprint density at radius 1 is 1.26 bits per heavy atom. The maximum absolute atomic E-state index is 11.9. The lowest BCUT2D eigenvalue weighted by molar-refractivity contribution is -0.118. The number of carbonyl (C=O) groups is 2. The smallest absolute Gasteiger partial charge is 0.235 e. The summed E-state index contributed by atoms with van der Waals surface area (Å²) < 4.78 is 23.5. The number of sulfone groups is 1. The van der Waals surface area contributed by atoms with Gasteiger partial charge in [0, 0.05) is 21.9 Å². The first-order valence-electron chi connectivity index (χ1n) is 5.82.